The van der Waals surface area contributed by atoms with Gasteiger partial charge in [-0.2, -0.15) is 0 Å². The lowest BCUT2D eigenvalue weighted by Crippen LogP contribution is -2.16. The monoisotopic (exact) mass is 487 g/mol. The van der Waals surface area contributed by atoms with Crippen molar-refractivity contribution in [2.24, 2.45) is 0 Å². The summed E-state index contributed by atoms with van der Waals surface area (Å²) in [6.45, 7) is 0.325. The smallest absolute Gasteiger partial charge is 0.266 e. The van der Waals surface area contributed by atoms with Gasteiger partial charge in [0.15, 0.2) is 5.16 Å². The van der Waals surface area contributed by atoms with Crippen LogP contribution in [-0.2, 0) is 12.3 Å². The lowest BCUT2D eigenvalue weighted by atomic mass is 10.2. The Hall–Kier alpha value is -2.85. The van der Waals surface area contributed by atoms with Gasteiger partial charge in [-0.25, -0.2) is 9.67 Å². The first-order valence-corrected chi connectivity index (χ1v) is 10.8. The fourth-order valence-corrected chi connectivity index (χ4v) is 4.06. The number of H-pyrrole nitrogens is 1. The van der Waals surface area contributed by atoms with Crippen LogP contribution in [0, 0.1) is 0 Å². The maximum atomic E-state index is 12.4. The van der Waals surface area contributed by atoms with Crippen molar-refractivity contribution >= 4 is 38.7 Å². The Morgan fingerprint density at radius 2 is 1.87 bits per heavy atom. The zero-order valence-corrected chi connectivity index (χ0v) is 18.7. The van der Waals surface area contributed by atoms with E-state index >= 15 is 0 Å². The van der Waals surface area contributed by atoms with Crippen LogP contribution >= 0.6 is 27.7 Å². The Labute approximate surface area is 184 Å². The molecule has 2 aromatic heterocycles. The van der Waals surface area contributed by atoms with Crippen LogP contribution in [0.4, 0.5) is 0 Å². The number of nitrogens with zero attached hydrogens (tertiary/aromatic N) is 4. The molecule has 2 heterocycles. The van der Waals surface area contributed by atoms with Gasteiger partial charge < -0.3 is 14.5 Å². The SMILES string of the molecule is COc1cc(CSc2nc(Cn3nnc4ccccc43)c(Br)c(=O)[nH]2)cc(OC)c1. The van der Waals surface area contributed by atoms with Crippen LogP contribution in [0.2, 0.25) is 0 Å². The highest BCUT2D eigenvalue weighted by Gasteiger charge is 2.13. The molecule has 1 N–H and O–H groups in total. The third-order valence-corrected chi connectivity index (χ3v) is 6.18. The molecule has 10 heteroatoms. The van der Waals surface area contributed by atoms with E-state index in [9.17, 15) is 4.79 Å². The molecule has 0 aliphatic rings. The summed E-state index contributed by atoms with van der Waals surface area (Å²) in [4.78, 5) is 19.9. The molecule has 0 saturated heterocycles. The number of hydrogen-bond donors (Lipinski definition) is 1. The molecule has 2 aromatic carbocycles. The molecule has 30 heavy (non-hydrogen) atoms. The standard InChI is InChI=1S/C20H18BrN5O3S/c1-28-13-7-12(8-14(9-13)29-2)11-30-20-22-16(18(21)19(27)23-20)10-26-17-6-4-3-5-15(17)24-25-26/h3-9H,10-11H2,1-2H3,(H,22,23,27). The third-order valence-electron chi connectivity index (χ3n) is 4.42. The van der Waals surface area contributed by atoms with Crippen LogP contribution in [0.25, 0.3) is 11.0 Å². The maximum absolute atomic E-state index is 12.4. The molecule has 0 bridgehead atoms. The number of methoxy groups -OCH3 is 2. The minimum absolute atomic E-state index is 0.241. The van der Waals surface area contributed by atoms with E-state index in [0.29, 0.717) is 39.1 Å². The van der Waals surface area contributed by atoms with Crippen molar-refractivity contribution in [2.45, 2.75) is 17.5 Å². The Kier molecular flexibility index (Phi) is 6.05. The lowest BCUT2D eigenvalue weighted by molar-refractivity contribution is 0.393. The Balaban J connectivity index is 1.58. The van der Waals surface area contributed by atoms with Gasteiger partial charge in [0.1, 0.15) is 21.5 Å². The van der Waals surface area contributed by atoms with E-state index < -0.39 is 0 Å². The number of para-hydroxylation sites is 1. The van der Waals surface area contributed by atoms with Gasteiger partial charge in [0.25, 0.3) is 5.56 Å². The predicted molar refractivity (Wildman–Crippen MR) is 118 cm³/mol. The van der Waals surface area contributed by atoms with Crippen molar-refractivity contribution in [3.8, 4) is 11.5 Å². The highest BCUT2D eigenvalue weighted by Crippen LogP contribution is 2.27. The normalized spacial score (nSPS) is 11.0. The predicted octanol–water partition coefficient (Wildman–Crippen LogP) is 3.63. The topological polar surface area (TPSA) is 94.9 Å². The van der Waals surface area contributed by atoms with Gasteiger partial charge in [-0.3, -0.25) is 4.79 Å². The summed E-state index contributed by atoms with van der Waals surface area (Å²) < 4.78 is 12.7. The zero-order valence-electron chi connectivity index (χ0n) is 16.3. The van der Waals surface area contributed by atoms with E-state index in [-0.39, 0.29) is 5.56 Å². The Morgan fingerprint density at radius 1 is 1.13 bits per heavy atom. The first kappa shape index (κ1) is 20.4. The molecular formula is C20H18BrN5O3S. The van der Waals surface area contributed by atoms with Crippen molar-refractivity contribution in [1.82, 2.24) is 25.0 Å². The number of aromatic nitrogens is 5. The van der Waals surface area contributed by atoms with E-state index in [0.717, 1.165) is 16.6 Å². The van der Waals surface area contributed by atoms with E-state index in [1.807, 2.05) is 42.5 Å². The highest BCUT2D eigenvalue weighted by atomic mass is 79.9. The molecule has 0 spiro atoms. The number of aromatic amines is 1. The molecule has 0 amide bonds. The number of halogens is 1. The lowest BCUT2D eigenvalue weighted by Gasteiger charge is -2.09. The summed E-state index contributed by atoms with van der Waals surface area (Å²) in [5.41, 5.74) is 3.00. The molecule has 154 valence electrons. The second kappa shape index (κ2) is 8.88. The molecule has 0 atom stereocenters. The number of thioether (sulfide) groups is 1. The first-order valence-electron chi connectivity index (χ1n) is 8.99. The largest absolute Gasteiger partial charge is 0.497 e. The molecule has 0 fully saturated rings. The van der Waals surface area contributed by atoms with Crippen molar-refractivity contribution < 1.29 is 9.47 Å². The fourth-order valence-electron chi connectivity index (χ4n) is 2.93. The van der Waals surface area contributed by atoms with Gasteiger partial charge in [-0.15, -0.1) is 5.10 Å². The van der Waals surface area contributed by atoms with E-state index in [2.05, 4.69) is 36.2 Å². The summed E-state index contributed by atoms with van der Waals surface area (Å²) >= 11 is 4.77. The van der Waals surface area contributed by atoms with Crippen molar-refractivity contribution in [3.63, 3.8) is 0 Å². The number of fused-ring (bicyclic) bond motifs is 1. The highest BCUT2D eigenvalue weighted by molar-refractivity contribution is 9.10. The third kappa shape index (κ3) is 4.34. The van der Waals surface area contributed by atoms with Crippen LogP contribution in [0.5, 0.6) is 11.5 Å². The van der Waals surface area contributed by atoms with Crippen molar-refractivity contribution in [2.75, 3.05) is 14.2 Å². The summed E-state index contributed by atoms with van der Waals surface area (Å²) in [6, 6.07) is 13.3. The summed E-state index contributed by atoms with van der Waals surface area (Å²) in [6.07, 6.45) is 0. The minimum atomic E-state index is -0.241. The first-order chi connectivity index (χ1) is 14.6. The number of ether oxygens (including phenoxy) is 2. The van der Waals surface area contributed by atoms with Gasteiger partial charge >= 0.3 is 0 Å². The molecule has 4 aromatic rings. The second-order valence-corrected chi connectivity index (χ2v) is 8.13. The molecule has 0 aliphatic carbocycles. The quantitative estimate of drug-likeness (QED) is 0.314. The van der Waals surface area contributed by atoms with E-state index in [4.69, 9.17) is 9.47 Å². The van der Waals surface area contributed by atoms with Crippen LogP contribution in [0.1, 0.15) is 11.3 Å². The van der Waals surface area contributed by atoms with Gasteiger partial charge in [-0.05, 0) is 45.8 Å². The molecule has 0 radical (unpaired) electrons. The maximum Gasteiger partial charge on any atom is 0.266 e. The average Bonchev–Trinajstić information content (AvgIpc) is 3.18. The summed E-state index contributed by atoms with van der Waals surface area (Å²) in [7, 11) is 3.22. The van der Waals surface area contributed by atoms with Gasteiger partial charge in [0.05, 0.1) is 32.0 Å². The number of benzene rings is 2. The average molecular weight is 488 g/mol. The molecule has 0 unspecified atom stereocenters. The van der Waals surface area contributed by atoms with Gasteiger partial charge in [-0.1, -0.05) is 29.1 Å². The van der Waals surface area contributed by atoms with Crippen LogP contribution in [0.15, 0.2) is 56.9 Å². The number of rotatable bonds is 7. The molecular weight excluding hydrogens is 470 g/mol. The zero-order chi connectivity index (χ0) is 21.1. The van der Waals surface area contributed by atoms with E-state index in [1.165, 1.54) is 11.8 Å². The Morgan fingerprint density at radius 3 is 2.60 bits per heavy atom. The number of hydrogen-bond acceptors (Lipinski definition) is 7. The Bertz CT molecular complexity index is 1230. The van der Waals surface area contributed by atoms with Crippen LogP contribution < -0.4 is 15.0 Å². The van der Waals surface area contributed by atoms with Gasteiger partial charge in [0, 0.05) is 11.8 Å². The fraction of sp³-hybridized carbons (Fsp3) is 0.200. The molecule has 8 nitrogen and oxygen atoms in total. The van der Waals surface area contributed by atoms with Crippen molar-refractivity contribution in [1.29, 1.82) is 0 Å². The second-order valence-electron chi connectivity index (χ2n) is 6.38. The van der Waals surface area contributed by atoms with Gasteiger partial charge in [0.2, 0.25) is 0 Å². The minimum Gasteiger partial charge on any atom is -0.497 e. The molecule has 4 rings (SSSR count). The van der Waals surface area contributed by atoms with Crippen LogP contribution in [-0.4, -0.2) is 39.2 Å². The summed E-state index contributed by atoms with van der Waals surface area (Å²) in [5, 5.41) is 8.85. The van der Waals surface area contributed by atoms with Crippen molar-refractivity contribution in [3.05, 3.63) is 68.5 Å². The van der Waals surface area contributed by atoms with Crippen LogP contribution in [0.3, 0.4) is 0 Å². The summed E-state index contributed by atoms with van der Waals surface area (Å²) in [5.74, 6) is 2.01. The van der Waals surface area contributed by atoms with E-state index in [1.54, 1.807) is 18.9 Å². The number of nitrogens with one attached hydrogen (secondary N) is 1. The molecule has 0 aliphatic heterocycles. The molecule has 0 saturated carbocycles.